The molecule has 5 atom stereocenters. The largest absolute Gasteiger partial charge is 0.459 e. The first-order chi connectivity index (χ1) is 42.7. The first kappa shape index (κ1) is 63.6. The van der Waals surface area contributed by atoms with Crippen molar-refractivity contribution in [1.82, 2.24) is 19.8 Å². The van der Waals surface area contributed by atoms with E-state index < -0.39 is 35.7 Å². The van der Waals surface area contributed by atoms with Crippen LogP contribution in [0.25, 0.3) is 0 Å². The van der Waals surface area contributed by atoms with E-state index in [4.69, 9.17) is 31.8 Å². The summed E-state index contributed by atoms with van der Waals surface area (Å²) in [6, 6.07) is 5.17. The number of nitrogens with one attached hydrogen (secondary N) is 2. The first-order valence-corrected chi connectivity index (χ1v) is 25.3. The highest BCUT2D eigenvalue weighted by Gasteiger charge is 2.38. The average Bonchev–Trinajstić information content (AvgIpc) is 2.41. The second-order valence-electron chi connectivity index (χ2n) is 16.5. The molecule has 1 saturated heterocycles. The molecule has 3 unspecified atom stereocenters. The van der Waals surface area contributed by atoms with E-state index in [1.807, 2.05) is 19.2 Å². The number of nitrogens with zero attached hydrogens (tertiary/aromatic N) is 2. The maximum Gasteiger partial charge on any atom is 0.330 e. The molecule has 0 radical (unpaired) electrons. The predicted molar refractivity (Wildman–Crippen MR) is 327 cm³/mol. The number of fused-ring (bicyclic) bond motifs is 1. The number of aromatic amines is 1. The van der Waals surface area contributed by atoms with Crippen LogP contribution in [0.5, 0.6) is 11.5 Å². The highest BCUT2D eigenvalue weighted by atomic mass is 16.6. The van der Waals surface area contributed by atoms with E-state index in [1.54, 1.807) is 25.1 Å². The fourth-order valence-electron chi connectivity index (χ4n) is 7.13. The van der Waals surface area contributed by atoms with Crippen molar-refractivity contribution in [2.75, 3.05) is 6.54 Å². The first-order valence-electron chi connectivity index (χ1n) is 25.3. The summed E-state index contributed by atoms with van der Waals surface area (Å²) < 4.78 is 24.4. The van der Waals surface area contributed by atoms with Gasteiger partial charge in [0, 0.05) is 192 Å². The molecular formula is C75H36N4O8. The van der Waals surface area contributed by atoms with Crippen LogP contribution < -0.4 is 26.0 Å². The molecule has 1 amide bonds. The average molecular weight is 1120 g/mol. The zero-order valence-corrected chi connectivity index (χ0v) is 46.1. The van der Waals surface area contributed by atoms with E-state index in [2.05, 4.69) is 282 Å². The number of hydrogen-bond acceptors (Lipinski definition) is 9. The lowest BCUT2D eigenvalue weighted by Gasteiger charge is -2.29. The van der Waals surface area contributed by atoms with Crippen molar-refractivity contribution < 1.29 is 28.5 Å². The Hall–Kier alpha value is -14.3. The minimum atomic E-state index is -0.722. The molecule has 1 aliphatic carbocycles. The maximum atomic E-state index is 12.9. The van der Waals surface area contributed by atoms with Gasteiger partial charge in [0.1, 0.15) is 36.0 Å². The van der Waals surface area contributed by atoms with E-state index in [-0.39, 0.29) is 43.7 Å². The summed E-state index contributed by atoms with van der Waals surface area (Å²) in [5.41, 5.74) is 0.928. The third-order valence-corrected chi connectivity index (χ3v) is 10.7. The molecule has 2 aromatic rings. The molecule has 3 heterocycles. The van der Waals surface area contributed by atoms with E-state index in [1.165, 1.54) is 10.8 Å². The summed E-state index contributed by atoms with van der Waals surface area (Å²) in [4.78, 5) is 54.5. The van der Waals surface area contributed by atoms with E-state index in [0.29, 0.717) is 30.0 Å². The fraction of sp³-hybridized carbons (Fsp3) is 0.173. The summed E-state index contributed by atoms with van der Waals surface area (Å²) >= 11 is 0. The molecule has 0 spiro atoms. The third kappa shape index (κ3) is 25.2. The molecule has 12 heteroatoms. The van der Waals surface area contributed by atoms with Crippen LogP contribution in [0.3, 0.4) is 0 Å². The van der Waals surface area contributed by atoms with Gasteiger partial charge in [0.05, 0.1) is 18.6 Å². The number of aromatic nitrogens is 2. The van der Waals surface area contributed by atoms with Gasteiger partial charge >= 0.3 is 11.7 Å². The number of carbonyl (C=O) groups is 2. The Bertz CT molecular complexity index is 4630. The summed E-state index contributed by atoms with van der Waals surface area (Å²) in [6.07, 6.45) is 25.3. The highest BCUT2D eigenvalue weighted by molar-refractivity contribution is 5.81. The number of benzene rings is 1. The van der Waals surface area contributed by atoms with Crippen molar-refractivity contribution in [3.8, 4) is 273 Å². The Labute approximate surface area is 506 Å². The van der Waals surface area contributed by atoms with Gasteiger partial charge in [-0.1, -0.05) is 31.2 Å². The molecule has 1 fully saturated rings. The second-order valence-corrected chi connectivity index (χ2v) is 16.5. The SMILES string of the molecule is C#CC#CC#CC#CC#CC#CC#CC#CC#CC#CC#COc1cc(CN2C=CC3C=C(CNC(=O)CCC(=O)OC4C[C@H](n5cc(C)c(=O)[nH]c5=O)O[C@@H]4CC)C=CC32)cc(OC#CC#CC#CC#CC#CC#CC#CC#CC#CC#CC#C)c1. The Morgan fingerprint density at radius 2 is 1.07 bits per heavy atom. The fourth-order valence-corrected chi connectivity index (χ4v) is 7.13. The molecule has 12 nitrogen and oxygen atoms in total. The summed E-state index contributed by atoms with van der Waals surface area (Å²) in [6.45, 7) is 4.13. The van der Waals surface area contributed by atoms with E-state index >= 15 is 0 Å². The van der Waals surface area contributed by atoms with Crippen LogP contribution in [0.1, 0.15) is 50.0 Å². The normalized spacial score (nSPS) is 14.0. The summed E-state index contributed by atoms with van der Waals surface area (Å²) in [5.74, 6) is 99.3. The van der Waals surface area contributed by atoms with Crippen molar-refractivity contribution in [1.29, 1.82) is 0 Å². The Morgan fingerprint density at radius 1 is 0.621 bits per heavy atom. The lowest BCUT2D eigenvalue weighted by Crippen LogP contribution is -2.33. The predicted octanol–water partition coefficient (Wildman–Crippen LogP) is 2.87. The lowest BCUT2D eigenvalue weighted by atomic mass is 9.92. The molecule has 87 heavy (non-hydrogen) atoms. The number of carbonyl (C=O) groups excluding carboxylic acids is 2. The van der Waals surface area contributed by atoms with E-state index in [0.717, 1.165) is 11.1 Å². The molecular weight excluding hydrogens is 1080 g/mol. The highest BCUT2D eigenvalue weighted by Crippen LogP contribution is 2.33. The number of terminal acetylenes is 2. The van der Waals surface area contributed by atoms with Gasteiger partial charge in [-0.2, -0.15) is 0 Å². The molecule has 2 N–H and O–H groups in total. The van der Waals surface area contributed by atoms with Crippen molar-refractivity contribution in [3.63, 3.8) is 0 Å². The third-order valence-electron chi connectivity index (χ3n) is 10.7. The van der Waals surface area contributed by atoms with Gasteiger partial charge in [-0.25, -0.2) is 4.79 Å². The number of ether oxygens (including phenoxy) is 4. The topological polar surface area (TPSA) is 141 Å². The quantitative estimate of drug-likeness (QED) is 0.243. The minimum absolute atomic E-state index is 0.0000745. The van der Waals surface area contributed by atoms with Crippen LogP contribution in [0, 0.1) is 275 Å². The number of hydrogen-bond donors (Lipinski definition) is 2. The molecule has 3 aliphatic rings. The number of H-pyrrole nitrogens is 1. The van der Waals surface area contributed by atoms with Crippen molar-refractivity contribution in [2.45, 2.75) is 70.6 Å². The van der Waals surface area contributed by atoms with Crippen LogP contribution in [0.2, 0.25) is 0 Å². The van der Waals surface area contributed by atoms with Crippen LogP contribution in [-0.4, -0.2) is 51.1 Å². The number of aryl methyl sites for hydroxylation is 1. The van der Waals surface area contributed by atoms with Crippen LogP contribution in [0.15, 0.2) is 70.1 Å². The molecule has 5 rings (SSSR count). The Balaban J connectivity index is 1.16. The molecule has 404 valence electrons. The minimum Gasteiger partial charge on any atom is -0.459 e. The van der Waals surface area contributed by atoms with Crippen molar-refractivity contribution in [2.24, 2.45) is 5.92 Å². The van der Waals surface area contributed by atoms with Gasteiger partial charge in [-0.05, 0) is 138 Å². The molecule has 0 bridgehead atoms. The van der Waals surface area contributed by atoms with Gasteiger partial charge in [-0.3, -0.25) is 23.9 Å². The standard InChI is InChI=1S/C75H36N4O8/c1-5-8-10-12-14-16-18-20-22-24-26-28-30-32-34-36-38-40-42-44-52-84-66-55-64(56-67(57-66)85-53-45-43-41-39-37-35-33-31-29-27-25-23-21-19-17-15-13-11-9-6-2)61-78-51-50-65-54-63(46-47-68(65)78)59-76-71(80)48-49-73(81)87-70-58-72(86-69(70)7-3)79-60-62(4)74(82)77-75(79)83/h1-2,46-47,50-51,54-57,60,65,68-70,72H,7,48-49,58-59,61H2,3-4H3,(H,76,80)(H,77,82,83)/t65?,68?,69-,70?,72-/m1/s1. The van der Waals surface area contributed by atoms with Crippen LogP contribution in [0.4, 0.5) is 0 Å². The van der Waals surface area contributed by atoms with Gasteiger partial charge in [0.2, 0.25) is 5.91 Å². The summed E-state index contributed by atoms with van der Waals surface area (Å²) in [7, 11) is 0. The molecule has 0 saturated carbocycles. The van der Waals surface area contributed by atoms with Gasteiger partial charge < -0.3 is 29.2 Å². The smallest absolute Gasteiger partial charge is 0.330 e. The molecule has 1 aromatic heterocycles. The zero-order valence-electron chi connectivity index (χ0n) is 46.1. The molecule has 2 aliphatic heterocycles. The number of amides is 1. The van der Waals surface area contributed by atoms with Crippen LogP contribution >= 0.6 is 0 Å². The second kappa shape index (κ2) is 38.4. The summed E-state index contributed by atoms with van der Waals surface area (Å²) in [5, 5.41) is 2.89. The Morgan fingerprint density at radius 3 is 1.52 bits per heavy atom. The van der Waals surface area contributed by atoms with Gasteiger partial charge in [-0.15, -0.1) is 12.8 Å². The monoisotopic (exact) mass is 1120 g/mol. The number of esters is 1. The van der Waals surface area contributed by atoms with Crippen LogP contribution in [-0.2, 0) is 25.6 Å². The van der Waals surface area contributed by atoms with Crippen molar-refractivity contribution >= 4 is 11.9 Å². The van der Waals surface area contributed by atoms with E-state index in [9.17, 15) is 19.2 Å². The molecule has 1 aromatic carbocycles. The number of rotatable bonds is 12. The van der Waals surface area contributed by atoms with Gasteiger partial charge in [0.15, 0.2) is 0 Å². The van der Waals surface area contributed by atoms with Crippen molar-refractivity contribution in [3.05, 3.63) is 92.4 Å². The lowest BCUT2D eigenvalue weighted by molar-refractivity contribution is -0.153. The maximum absolute atomic E-state index is 12.9. The Kier molecular flexibility index (Phi) is 28.0. The zero-order chi connectivity index (χ0) is 61.8. The van der Waals surface area contributed by atoms with Gasteiger partial charge in [0.25, 0.3) is 5.56 Å².